The second-order valence-corrected chi connectivity index (χ2v) is 3.73. The van der Waals surface area contributed by atoms with Gasteiger partial charge in [0.2, 0.25) is 0 Å². The zero-order valence-corrected chi connectivity index (χ0v) is 9.64. The molecule has 0 radical (unpaired) electrons. The summed E-state index contributed by atoms with van der Waals surface area (Å²) in [6.45, 7) is 2.62. The lowest BCUT2D eigenvalue weighted by Gasteiger charge is -2.10. The van der Waals surface area contributed by atoms with E-state index in [9.17, 15) is 0 Å². The Kier molecular flexibility index (Phi) is 3.75. The molecule has 0 spiro atoms. The standard InChI is InChI=1S/C10H13BrO2/c1-7-4-8(6-12-2)10(13-3)9(11)5-7/h4-5H,6H2,1-3H3. The van der Waals surface area contributed by atoms with E-state index in [4.69, 9.17) is 9.47 Å². The molecule has 72 valence electrons. The van der Waals surface area contributed by atoms with Gasteiger partial charge in [-0.25, -0.2) is 0 Å². The zero-order chi connectivity index (χ0) is 9.84. The first-order chi connectivity index (χ1) is 6.19. The van der Waals surface area contributed by atoms with Crippen molar-refractivity contribution in [2.75, 3.05) is 14.2 Å². The van der Waals surface area contributed by atoms with Gasteiger partial charge >= 0.3 is 0 Å². The van der Waals surface area contributed by atoms with Crippen LogP contribution in [0.4, 0.5) is 0 Å². The molecule has 0 aliphatic rings. The molecule has 0 aliphatic carbocycles. The van der Waals surface area contributed by atoms with Crippen molar-refractivity contribution in [3.8, 4) is 5.75 Å². The van der Waals surface area contributed by atoms with E-state index in [0.29, 0.717) is 6.61 Å². The van der Waals surface area contributed by atoms with Gasteiger partial charge in [-0.05, 0) is 40.5 Å². The highest BCUT2D eigenvalue weighted by Crippen LogP contribution is 2.30. The van der Waals surface area contributed by atoms with Crippen molar-refractivity contribution in [3.05, 3.63) is 27.7 Å². The average molecular weight is 245 g/mol. The van der Waals surface area contributed by atoms with E-state index >= 15 is 0 Å². The molecule has 1 rings (SSSR count). The number of aryl methyl sites for hydroxylation is 1. The third-order valence-corrected chi connectivity index (χ3v) is 2.36. The van der Waals surface area contributed by atoms with Crippen LogP contribution in [0.25, 0.3) is 0 Å². The Morgan fingerprint density at radius 3 is 2.54 bits per heavy atom. The van der Waals surface area contributed by atoms with Gasteiger partial charge in [-0.15, -0.1) is 0 Å². The van der Waals surface area contributed by atoms with Gasteiger partial charge in [-0.3, -0.25) is 0 Å². The number of rotatable bonds is 3. The van der Waals surface area contributed by atoms with E-state index in [1.807, 2.05) is 13.0 Å². The fraction of sp³-hybridized carbons (Fsp3) is 0.400. The average Bonchev–Trinajstić information content (AvgIpc) is 2.04. The SMILES string of the molecule is COCc1cc(C)cc(Br)c1OC. The monoisotopic (exact) mass is 244 g/mol. The first-order valence-corrected chi connectivity index (χ1v) is 4.80. The maximum atomic E-state index is 5.26. The van der Waals surface area contributed by atoms with Crippen LogP contribution in [0, 0.1) is 6.92 Å². The molecular formula is C10H13BrO2. The number of benzene rings is 1. The van der Waals surface area contributed by atoms with Crippen molar-refractivity contribution in [2.45, 2.75) is 13.5 Å². The van der Waals surface area contributed by atoms with E-state index in [1.54, 1.807) is 14.2 Å². The Labute approximate surface area is 87.0 Å². The lowest BCUT2D eigenvalue weighted by atomic mass is 10.1. The topological polar surface area (TPSA) is 18.5 Å². The molecule has 0 aliphatic heterocycles. The van der Waals surface area contributed by atoms with E-state index in [1.165, 1.54) is 5.56 Å². The van der Waals surface area contributed by atoms with Crippen LogP contribution in [0.3, 0.4) is 0 Å². The molecule has 0 aromatic heterocycles. The summed E-state index contributed by atoms with van der Waals surface area (Å²) in [4.78, 5) is 0. The van der Waals surface area contributed by atoms with E-state index in [2.05, 4.69) is 22.0 Å². The Bertz CT molecular complexity index is 297. The summed E-state index contributed by atoms with van der Waals surface area (Å²) < 4.78 is 11.3. The third kappa shape index (κ3) is 2.45. The predicted octanol–water partition coefficient (Wildman–Crippen LogP) is 2.91. The summed E-state index contributed by atoms with van der Waals surface area (Å²) in [7, 11) is 3.34. The molecule has 0 heterocycles. The van der Waals surface area contributed by atoms with Gasteiger partial charge in [0.15, 0.2) is 0 Å². The van der Waals surface area contributed by atoms with Crippen LogP contribution in [0.1, 0.15) is 11.1 Å². The smallest absolute Gasteiger partial charge is 0.138 e. The molecule has 0 N–H and O–H groups in total. The Morgan fingerprint density at radius 2 is 2.00 bits per heavy atom. The number of ether oxygens (including phenoxy) is 2. The van der Waals surface area contributed by atoms with Crippen molar-refractivity contribution in [1.29, 1.82) is 0 Å². The minimum atomic E-state index is 0.573. The Morgan fingerprint density at radius 1 is 1.31 bits per heavy atom. The maximum Gasteiger partial charge on any atom is 0.138 e. The number of methoxy groups -OCH3 is 2. The molecule has 1 aromatic carbocycles. The van der Waals surface area contributed by atoms with Gasteiger partial charge < -0.3 is 9.47 Å². The largest absolute Gasteiger partial charge is 0.495 e. The molecule has 0 unspecified atom stereocenters. The van der Waals surface area contributed by atoms with Crippen LogP contribution in [-0.4, -0.2) is 14.2 Å². The van der Waals surface area contributed by atoms with Crippen LogP contribution in [0.2, 0.25) is 0 Å². The minimum absolute atomic E-state index is 0.573. The van der Waals surface area contributed by atoms with E-state index in [-0.39, 0.29) is 0 Å². The van der Waals surface area contributed by atoms with E-state index < -0.39 is 0 Å². The van der Waals surface area contributed by atoms with Crippen LogP contribution in [-0.2, 0) is 11.3 Å². The third-order valence-electron chi connectivity index (χ3n) is 1.77. The molecule has 0 atom stereocenters. The second kappa shape index (κ2) is 4.63. The zero-order valence-electron chi connectivity index (χ0n) is 8.06. The molecule has 3 heteroatoms. The fourth-order valence-corrected chi connectivity index (χ4v) is 2.07. The van der Waals surface area contributed by atoms with Gasteiger partial charge in [0, 0.05) is 12.7 Å². The van der Waals surface area contributed by atoms with Crippen molar-refractivity contribution >= 4 is 15.9 Å². The summed E-state index contributed by atoms with van der Waals surface area (Å²) >= 11 is 3.45. The molecule has 0 bridgehead atoms. The lowest BCUT2D eigenvalue weighted by Crippen LogP contribution is -1.95. The second-order valence-electron chi connectivity index (χ2n) is 2.87. The number of hydrogen-bond acceptors (Lipinski definition) is 2. The van der Waals surface area contributed by atoms with Crippen LogP contribution >= 0.6 is 15.9 Å². The normalized spacial score (nSPS) is 10.2. The van der Waals surface area contributed by atoms with Crippen molar-refractivity contribution < 1.29 is 9.47 Å². The van der Waals surface area contributed by atoms with Crippen LogP contribution < -0.4 is 4.74 Å². The first kappa shape index (κ1) is 10.5. The quantitative estimate of drug-likeness (QED) is 0.815. The van der Waals surface area contributed by atoms with Gasteiger partial charge in [0.05, 0.1) is 18.2 Å². The fourth-order valence-electron chi connectivity index (χ4n) is 1.29. The first-order valence-electron chi connectivity index (χ1n) is 4.01. The predicted molar refractivity (Wildman–Crippen MR) is 56.1 cm³/mol. The van der Waals surface area contributed by atoms with E-state index in [0.717, 1.165) is 15.8 Å². The molecule has 0 fully saturated rings. The minimum Gasteiger partial charge on any atom is -0.495 e. The van der Waals surface area contributed by atoms with Crippen molar-refractivity contribution in [2.24, 2.45) is 0 Å². The molecule has 13 heavy (non-hydrogen) atoms. The van der Waals surface area contributed by atoms with Gasteiger partial charge in [0.1, 0.15) is 5.75 Å². The van der Waals surface area contributed by atoms with Crippen molar-refractivity contribution in [1.82, 2.24) is 0 Å². The summed E-state index contributed by atoms with van der Waals surface area (Å²) in [5.74, 6) is 0.854. The molecule has 2 nitrogen and oxygen atoms in total. The Hall–Kier alpha value is -0.540. The highest BCUT2D eigenvalue weighted by Gasteiger charge is 2.07. The molecular weight excluding hydrogens is 232 g/mol. The molecule has 0 saturated heterocycles. The highest BCUT2D eigenvalue weighted by atomic mass is 79.9. The van der Waals surface area contributed by atoms with Crippen molar-refractivity contribution in [3.63, 3.8) is 0 Å². The van der Waals surface area contributed by atoms with Crippen LogP contribution in [0.15, 0.2) is 16.6 Å². The summed E-state index contributed by atoms with van der Waals surface area (Å²) in [6, 6.07) is 4.09. The summed E-state index contributed by atoms with van der Waals surface area (Å²) in [6.07, 6.45) is 0. The van der Waals surface area contributed by atoms with Gasteiger partial charge in [-0.1, -0.05) is 0 Å². The number of halogens is 1. The lowest BCUT2D eigenvalue weighted by molar-refractivity contribution is 0.181. The number of hydrogen-bond donors (Lipinski definition) is 0. The van der Waals surface area contributed by atoms with Crippen LogP contribution in [0.5, 0.6) is 5.75 Å². The summed E-state index contributed by atoms with van der Waals surface area (Å²) in [5.41, 5.74) is 2.26. The maximum absolute atomic E-state index is 5.26. The molecule has 1 aromatic rings. The molecule has 0 saturated carbocycles. The molecule has 0 amide bonds. The van der Waals surface area contributed by atoms with Gasteiger partial charge in [0.25, 0.3) is 0 Å². The Balaban J connectivity index is 3.13. The summed E-state index contributed by atoms with van der Waals surface area (Å²) in [5, 5.41) is 0. The van der Waals surface area contributed by atoms with Gasteiger partial charge in [-0.2, -0.15) is 0 Å². The highest BCUT2D eigenvalue weighted by molar-refractivity contribution is 9.10.